The first-order chi connectivity index (χ1) is 11.6. The van der Waals surface area contributed by atoms with Gasteiger partial charge in [-0.1, -0.05) is 38.1 Å². The molecule has 5 heteroatoms. The SMILES string of the molecule is CC(C)c1nnc2n1CCN(C(=O)[C@H]1CCCc3ccccc31)C2. The first-order valence-corrected chi connectivity index (χ1v) is 8.93. The van der Waals surface area contributed by atoms with Gasteiger partial charge >= 0.3 is 0 Å². The van der Waals surface area contributed by atoms with E-state index in [1.54, 1.807) is 0 Å². The molecule has 0 saturated heterocycles. The molecule has 1 aliphatic heterocycles. The highest BCUT2D eigenvalue weighted by Crippen LogP contribution is 2.33. The number of nitrogens with zero attached hydrogens (tertiary/aromatic N) is 4. The maximum atomic E-state index is 13.1. The quantitative estimate of drug-likeness (QED) is 0.853. The molecule has 0 radical (unpaired) electrons. The third-order valence-corrected chi connectivity index (χ3v) is 5.28. The molecule has 1 atom stereocenters. The van der Waals surface area contributed by atoms with E-state index in [0.717, 1.165) is 44.0 Å². The van der Waals surface area contributed by atoms with Crippen LogP contribution in [0.4, 0.5) is 0 Å². The molecular formula is C19H24N4O. The summed E-state index contributed by atoms with van der Waals surface area (Å²) >= 11 is 0. The largest absolute Gasteiger partial charge is 0.333 e. The van der Waals surface area contributed by atoms with Crippen LogP contribution in [0.15, 0.2) is 24.3 Å². The highest BCUT2D eigenvalue weighted by atomic mass is 16.2. The Bertz CT molecular complexity index is 764. The van der Waals surface area contributed by atoms with Gasteiger partial charge in [0.05, 0.1) is 12.5 Å². The van der Waals surface area contributed by atoms with Crippen molar-refractivity contribution in [2.45, 2.75) is 58.0 Å². The highest BCUT2D eigenvalue weighted by molar-refractivity contribution is 5.84. The fraction of sp³-hybridized carbons (Fsp3) is 0.526. The monoisotopic (exact) mass is 324 g/mol. The molecule has 126 valence electrons. The Kier molecular flexibility index (Phi) is 3.87. The number of fused-ring (bicyclic) bond motifs is 2. The van der Waals surface area contributed by atoms with E-state index in [0.29, 0.717) is 12.5 Å². The van der Waals surface area contributed by atoms with Crippen molar-refractivity contribution in [3.05, 3.63) is 47.0 Å². The molecule has 0 saturated carbocycles. The summed E-state index contributed by atoms with van der Waals surface area (Å²) in [4.78, 5) is 15.1. The predicted molar refractivity (Wildman–Crippen MR) is 91.6 cm³/mol. The van der Waals surface area contributed by atoms with Crippen LogP contribution in [0.2, 0.25) is 0 Å². The molecule has 1 aromatic carbocycles. The molecule has 2 heterocycles. The van der Waals surface area contributed by atoms with Crippen molar-refractivity contribution in [2.24, 2.45) is 0 Å². The molecule has 1 amide bonds. The Balaban J connectivity index is 1.56. The van der Waals surface area contributed by atoms with Crippen LogP contribution >= 0.6 is 0 Å². The standard InChI is InChI=1S/C19H24N4O/c1-13(2)18-21-20-17-12-22(10-11-23(17)18)19(24)16-9-5-7-14-6-3-4-8-15(14)16/h3-4,6,8,13,16H,5,7,9-12H2,1-2H3/t16-/m0/s1. The summed E-state index contributed by atoms with van der Waals surface area (Å²) in [6.07, 6.45) is 3.14. The van der Waals surface area contributed by atoms with E-state index in [4.69, 9.17) is 0 Å². The second-order valence-electron chi connectivity index (χ2n) is 7.18. The summed E-state index contributed by atoms with van der Waals surface area (Å²) in [5.41, 5.74) is 2.56. The van der Waals surface area contributed by atoms with Crippen LogP contribution in [0.1, 0.15) is 61.3 Å². The molecule has 0 unspecified atom stereocenters. The number of carbonyl (C=O) groups excluding carboxylic acids is 1. The number of aryl methyl sites for hydroxylation is 1. The Morgan fingerprint density at radius 3 is 2.88 bits per heavy atom. The predicted octanol–water partition coefficient (Wildman–Crippen LogP) is 2.86. The first-order valence-electron chi connectivity index (χ1n) is 8.93. The second kappa shape index (κ2) is 6.04. The minimum atomic E-state index is 0.00832. The van der Waals surface area contributed by atoms with Gasteiger partial charge in [0.2, 0.25) is 5.91 Å². The first kappa shape index (κ1) is 15.4. The van der Waals surface area contributed by atoms with Crippen molar-refractivity contribution < 1.29 is 4.79 Å². The lowest BCUT2D eigenvalue weighted by atomic mass is 9.82. The van der Waals surface area contributed by atoms with E-state index >= 15 is 0 Å². The summed E-state index contributed by atoms with van der Waals surface area (Å²) in [7, 11) is 0. The van der Waals surface area contributed by atoms with Crippen LogP contribution in [0.25, 0.3) is 0 Å². The highest BCUT2D eigenvalue weighted by Gasteiger charge is 2.32. The summed E-state index contributed by atoms with van der Waals surface area (Å²) in [5.74, 6) is 2.57. The molecule has 0 spiro atoms. The average Bonchev–Trinajstić information content (AvgIpc) is 3.04. The van der Waals surface area contributed by atoms with Crippen molar-refractivity contribution in [3.63, 3.8) is 0 Å². The van der Waals surface area contributed by atoms with E-state index in [9.17, 15) is 4.79 Å². The van der Waals surface area contributed by atoms with Gasteiger partial charge in [0.25, 0.3) is 0 Å². The lowest BCUT2D eigenvalue weighted by Gasteiger charge is -2.33. The molecule has 2 aromatic rings. The third-order valence-electron chi connectivity index (χ3n) is 5.28. The van der Waals surface area contributed by atoms with Crippen molar-refractivity contribution in [1.29, 1.82) is 0 Å². The zero-order valence-electron chi connectivity index (χ0n) is 14.4. The van der Waals surface area contributed by atoms with Gasteiger partial charge in [0.15, 0.2) is 5.82 Å². The maximum Gasteiger partial charge on any atom is 0.230 e. The van der Waals surface area contributed by atoms with Gasteiger partial charge in [-0.2, -0.15) is 0 Å². The van der Waals surface area contributed by atoms with Crippen LogP contribution in [-0.2, 0) is 24.3 Å². The lowest BCUT2D eigenvalue weighted by Crippen LogP contribution is -2.42. The number of amides is 1. The van der Waals surface area contributed by atoms with Gasteiger partial charge in [-0.3, -0.25) is 4.79 Å². The molecule has 24 heavy (non-hydrogen) atoms. The van der Waals surface area contributed by atoms with E-state index in [2.05, 4.69) is 46.8 Å². The van der Waals surface area contributed by atoms with Crippen LogP contribution in [0.5, 0.6) is 0 Å². The van der Waals surface area contributed by atoms with Crippen molar-refractivity contribution in [3.8, 4) is 0 Å². The van der Waals surface area contributed by atoms with E-state index in [1.807, 2.05) is 11.0 Å². The molecule has 1 aromatic heterocycles. The van der Waals surface area contributed by atoms with Gasteiger partial charge in [-0.15, -0.1) is 10.2 Å². The van der Waals surface area contributed by atoms with Crippen molar-refractivity contribution >= 4 is 5.91 Å². The van der Waals surface area contributed by atoms with Crippen LogP contribution < -0.4 is 0 Å². The van der Waals surface area contributed by atoms with E-state index < -0.39 is 0 Å². The average molecular weight is 324 g/mol. The smallest absolute Gasteiger partial charge is 0.230 e. The number of carbonyl (C=O) groups is 1. The summed E-state index contributed by atoms with van der Waals surface area (Å²) in [5, 5.41) is 8.63. The van der Waals surface area contributed by atoms with Crippen LogP contribution in [0, 0.1) is 0 Å². The molecular weight excluding hydrogens is 300 g/mol. The minimum Gasteiger partial charge on any atom is -0.333 e. The Morgan fingerprint density at radius 1 is 1.21 bits per heavy atom. The molecule has 4 rings (SSSR count). The Hall–Kier alpha value is -2.17. The fourth-order valence-electron chi connectivity index (χ4n) is 4.03. The van der Waals surface area contributed by atoms with Crippen molar-refractivity contribution in [2.75, 3.05) is 6.54 Å². The molecule has 0 fully saturated rings. The lowest BCUT2D eigenvalue weighted by molar-refractivity contribution is -0.134. The molecule has 1 aliphatic carbocycles. The normalized spacial score (nSPS) is 20.0. The summed E-state index contributed by atoms with van der Waals surface area (Å²) < 4.78 is 2.18. The van der Waals surface area contributed by atoms with Gasteiger partial charge in [-0.25, -0.2) is 0 Å². The van der Waals surface area contributed by atoms with Crippen LogP contribution in [0.3, 0.4) is 0 Å². The Labute approximate surface area is 142 Å². The van der Waals surface area contributed by atoms with E-state index in [-0.39, 0.29) is 11.8 Å². The third kappa shape index (κ3) is 2.52. The zero-order chi connectivity index (χ0) is 16.7. The summed E-state index contributed by atoms with van der Waals surface area (Å²) in [6, 6.07) is 8.41. The topological polar surface area (TPSA) is 51.0 Å². The van der Waals surface area contributed by atoms with E-state index in [1.165, 1.54) is 11.1 Å². The fourth-order valence-corrected chi connectivity index (χ4v) is 4.03. The number of rotatable bonds is 2. The second-order valence-corrected chi connectivity index (χ2v) is 7.18. The zero-order valence-corrected chi connectivity index (χ0v) is 14.4. The minimum absolute atomic E-state index is 0.00832. The van der Waals surface area contributed by atoms with Gasteiger partial charge in [-0.05, 0) is 30.4 Å². The molecule has 5 nitrogen and oxygen atoms in total. The Morgan fingerprint density at radius 2 is 2.04 bits per heavy atom. The molecule has 2 aliphatic rings. The van der Waals surface area contributed by atoms with Gasteiger partial charge in [0, 0.05) is 19.0 Å². The number of hydrogen-bond acceptors (Lipinski definition) is 3. The number of aromatic nitrogens is 3. The number of benzene rings is 1. The molecule has 0 N–H and O–H groups in total. The summed E-state index contributed by atoms with van der Waals surface area (Å²) in [6.45, 7) is 6.40. The van der Waals surface area contributed by atoms with Crippen LogP contribution in [-0.4, -0.2) is 32.1 Å². The van der Waals surface area contributed by atoms with Gasteiger partial charge in [0.1, 0.15) is 5.82 Å². The van der Waals surface area contributed by atoms with Gasteiger partial charge < -0.3 is 9.47 Å². The van der Waals surface area contributed by atoms with Crippen molar-refractivity contribution in [1.82, 2.24) is 19.7 Å². The number of hydrogen-bond donors (Lipinski definition) is 0. The maximum absolute atomic E-state index is 13.1. The molecule has 0 bridgehead atoms.